The molecule has 3 N–H and O–H groups in total. The van der Waals surface area contributed by atoms with E-state index < -0.39 is 5.83 Å². The fourth-order valence-corrected chi connectivity index (χ4v) is 6.99. The summed E-state index contributed by atoms with van der Waals surface area (Å²) in [6.07, 6.45) is 3.54. The molecule has 1 aromatic heterocycles. The van der Waals surface area contributed by atoms with Crippen molar-refractivity contribution in [2.24, 2.45) is 10.9 Å². The number of hydrogen-bond donors (Lipinski definition) is 2. The van der Waals surface area contributed by atoms with Gasteiger partial charge >= 0.3 is 0 Å². The van der Waals surface area contributed by atoms with Gasteiger partial charge in [0.15, 0.2) is 5.96 Å². The van der Waals surface area contributed by atoms with Gasteiger partial charge in [-0.25, -0.2) is 9.38 Å². The summed E-state index contributed by atoms with van der Waals surface area (Å²) in [7, 11) is 4.57. The molecular weight excluding hydrogens is 496 g/mol. The standard InChI is InChI=1S/C26H29FN5O2PS/c1-5-18(27)24-21(14(6-28)25(29)36-24)13(3)20-17-11-34-10-16(17)15-7-30-26(31-22(15)23(20)35)32-8-12(2)19(9-32)33-4/h5,7,12,19,22H,3,8-11,29,35H2,1-2,4H3,(H,30,31)/b18-5+. The lowest BCUT2D eigenvalue weighted by molar-refractivity contribution is 0.0865. The van der Waals surface area contributed by atoms with E-state index in [1.54, 1.807) is 14.0 Å². The molecule has 0 spiro atoms. The van der Waals surface area contributed by atoms with Crippen molar-refractivity contribution in [1.82, 2.24) is 10.2 Å². The summed E-state index contributed by atoms with van der Waals surface area (Å²) in [6.45, 7) is 10.6. The first kappa shape index (κ1) is 24.9. The number of methoxy groups -OCH3 is 1. The molecule has 1 aromatic rings. The van der Waals surface area contributed by atoms with Gasteiger partial charge in [0.1, 0.15) is 22.9 Å². The van der Waals surface area contributed by atoms with E-state index in [4.69, 9.17) is 20.2 Å². The Bertz CT molecular complexity index is 1350. The Morgan fingerprint density at radius 3 is 2.86 bits per heavy atom. The van der Waals surface area contributed by atoms with E-state index in [-0.39, 0.29) is 22.7 Å². The lowest BCUT2D eigenvalue weighted by atomic mass is 9.80. The van der Waals surface area contributed by atoms with Gasteiger partial charge in [0, 0.05) is 43.5 Å². The highest BCUT2D eigenvalue weighted by Gasteiger charge is 2.40. The van der Waals surface area contributed by atoms with Crippen LogP contribution >= 0.6 is 20.6 Å². The number of guanidine groups is 1. The van der Waals surface area contributed by atoms with Crippen molar-refractivity contribution in [3.05, 3.63) is 62.5 Å². The number of nitrogen functional groups attached to an aromatic ring is 1. The van der Waals surface area contributed by atoms with E-state index in [2.05, 4.69) is 39.0 Å². The molecule has 36 heavy (non-hydrogen) atoms. The molecular formula is C26H29FN5O2PS. The molecule has 7 nitrogen and oxygen atoms in total. The lowest BCUT2D eigenvalue weighted by Crippen LogP contribution is -2.43. The molecule has 4 atom stereocenters. The first-order chi connectivity index (χ1) is 17.3. The number of likely N-dealkylation sites (tertiary alicyclic amines) is 1. The number of thiophene rings is 1. The molecule has 0 aromatic carbocycles. The second-order valence-corrected chi connectivity index (χ2v) is 11.0. The maximum atomic E-state index is 14.9. The summed E-state index contributed by atoms with van der Waals surface area (Å²) in [6, 6.07) is 1.89. The summed E-state index contributed by atoms with van der Waals surface area (Å²) in [5.74, 6) is 0.756. The van der Waals surface area contributed by atoms with Crippen LogP contribution in [0.3, 0.4) is 0 Å². The Morgan fingerprint density at radius 1 is 1.44 bits per heavy atom. The molecule has 10 heteroatoms. The van der Waals surface area contributed by atoms with Crippen LogP contribution in [0.4, 0.5) is 9.39 Å². The van der Waals surface area contributed by atoms with Crippen LogP contribution in [0.25, 0.3) is 11.4 Å². The minimum Gasteiger partial charge on any atom is -0.389 e. The number of nitrogens with one attached hydrogen (secondary N) is 1. The Balaban J connectivity index is 1.61. The van der Waals surface area contributed by atoms with Crippen LogP contribution in [-0.2, 0) is 9.47 Å². The van der Waals surface area contributed by atoms with Gasteiger partial charge in [-0.3, -0.25) is 0 Å². The molecule has 4 unspecified atom stereocenters. The van der Waals surface area contributed by atoms with E-state index in [0.29, 0.717) is 35.1 Å². The van der Waals surface area contributed by atoms with Gasteiger partial charge in [-0.05, 0) is 34.5 Å². The normalized spacial score (nSPS) is 25.8. The summed E-state index contributed by atoms with van der Waals surface area (Å²) < 4.78 is 26.4. The van der Waals surface area contributed by atoms with E-state index in [0.717, 1.165) is 58.0 Å². The largest absolute Gasteiger partial charge is 0.389 e. The first-order valence-corrected chi connectivity index (χ1v) is 13.2. The third-order valence-electron chi connectivity index (χ3n) is 7.26. The van der Waals surface area contributed by atoms with Crippen LogP contribution < -0.4 is 11.1 Å². The second kappa shape index (κ2) is 9.60. The van der Waals surface area contributed by atoms with Crippen LogP contribution in [0.5, 0.6) is 0 Å². The molecule has 0 saturated carbocycles. The molecule has 3 aliphatic heterocycles. The fourth-order valence-electron chi connectivity index (χ4n) is 5.38. The Hall–Kier alpha value is -2.76. The molecule has 1 aliphatic carbocycles. The molecule has 5 rings (SSSR count). The van der Waals surface area contributed by atoms with Crippen LogP contribution in [-0.4, -0.2) is 56.4 Å². The monoisotopic (exact) mass is 525 g/mol. The van der Waals surface area contributed by atoms with Crippen molar-refractivity contribution in [1.29, 1.82) is 5.26 Å². The van der Waals surface area contributed by atoms with Crippen molar-refractivity contribution >= 4 is 42.9 Å². The minimum absolute atomic E-state index is 0.151. The zero-order chi connectivity index (χ0) is 25.7. The zero-order valence-corrected chi connectivity index (χ0v) is 22.5. The number of nitrogens with zero attached hydrogens (tertiary/aromatic N) is 3. The molecule has 188 valence electrons. The Labute approximate surface area is 216 Å². The van der Waals surface area contributed by atoms with Crippen molar-refractivity contribution in [2.75, 3.05) is 39.1 Å². The number of rotatable bonds is 4. The fraction of sp³-hybridized carbons (Fsp3) is 0.385. The van der Waals surface area contributed by atoms with Crippen LogP contribution in [0.2, 0.25) is 0 Å². The average molecular weight is 526 g/mol. The Kier molecular flexibility index (Phi) is 6.65. The van der Waals surface area contributed by atoms with E-state index >= 15 is 0 Å². The number of aliphatic imine (C=N–C) groups is 1. The van der Waals surface area contributed by atoms with Gasteiger partial charge in [0.25, 0.3) is 0 Å². The summed E-state index contributed by atoms with van der Waals surface area (Å²) in [5, 5.41) is 14.4. The average Bonchev–Trinajstić information content (AvgIpc) is 3.59. The summed E-state index contributed by atoms with van der Waals surface area (Å²) >= 11 is 1.07. The SMILES string of the molecule is C=C(C1=C(P)C2N=C(N3CC(C)C(OC)C3)NC=C2C2=C1COC2)c1c(/C(F)=C\C)sc(N)c1C#N. The number of nitriles is 1. The number of halogens is 1. The second-order valence-electron chi connectivity index (χ2n) is 9.31. The van der Waals surface area contributed by atoms with Crippen molar-refractivity contribution in [3.8, 4) is 6.07 Å². The Morgan fingerprint density at radius 2 is 2.19 bits per heavy atom. The molecule has 1 saturated heterocycles. The van der Waals surface area contributed by atoms with Crippen LogP contribution in [0, 0.1) is 17.2 Å². The van der Waals surface area contributed by atoms with E-state index in [1.165, 1.54) is 6.08 Å². The number of hydrogen-bond acceptors (Lipinski definition) is 8. The van der Waals surface area contributed by atoms with Crippen LogP contribution in [0.1, 0.15) is 29.9 Å². The van der Waals surface area contributed by atoms with Gasteiger partial charge in [-0.2, -0.15) is 5.26 Å². The van der Waals surface area contributed by atoms with E-state index in [9.17, 15) is 9.65 Å². The van der Waals surface area contributed by atoms with Crippen molar-refractivity contribution < 1.29 is 13.9 Å². The van der Waals surface area contributed by atoms with Gasteiger partial charge in [-0.15, -0.1) is 20.6 Å². The first-order valence-electron chi connectivity index (χ1n) is 11.8. The zero-order valence-electron chi connectivity index (χ0n) is 20.5. The molecule has 1 fully saturated rings. The van der Waals surface area contributed by atoms with Gasteiger partial charge in [0.2, 0.25) is 0 Å². The smallest absolute Gasteiger partial charge is 0.199 e. The van der Waals surface area contributed by atoms with Gasteiger partial charge < -0.3 is 25.4 Å². The molecule has 0 radical (unpaired) electrons. The summed E-state index contributed by atoms with van der Waals surface area (Å²) in [5.41, 5.74) is 11.3. The highest BCUT2D eigenvalue weighted by Crippen LogP contribution is 2.50. The third-order valence-corrected chi connectivity index (χ3v) is 8.89. The van der Waals surface area contributed by atoms with E-state index in [1.807, 2.05) is 6.20 Å². The molecule has 4 heterocycles. The predicted molar refractivity (Wildman–Crippen MR) is 146 cm³/mol. The van der Waals surface area contributed by atoms with Gasteiger partial charge in [-0.1, -0.05) is 19.6 Å². The number of allylic oxidation sites excluding steroid dienone is 2. The number of anilines is 1. The molecule has 4 aliphatic rings. The highest BCUT2D eigenvalue weighted by atomic mass is 32.1. The summed E-state index contributed by atoms with van der Waals surface area (Å²) in [4.78, 5) is 7.63. The third kappa shape index (κ3) is 3.84. The number of fused-ring (bicyclic) bond motifs is 2. The molecule has 0 bridgehead atoms. The topological polar surface area (TPSA) is 95.9 Å². The number of nitrogens with two attached hydrogens (primary N) is 1. The van der Waals surface area contributed by atoms with Gasteiger partial charge in [0.05, 0.1) is 29.8 Å². The van der Waals surface area contributed by atoms with Crippen molar-refractivity contribution in [2.45, 2.75) is 26.0 Å². The van der Waals surface area contributed by atoms with Crippen LogP contribution in [0.15, 0.2) is 51.5 Å². The maximum Gasteiger partial charge on any atom is 0.199 e. The minimum atomic E-state index is -0.429. The van der Waals surface area contributed by atoms with Crippen molar-refractivity contribution in [3.63, 3.8) is 0 Å². The maximum absolute atomic E-state index is 14.9. The molecule has 0 amide bonds. The highest BCUT2D eigenvalue weighted by molar-refractivity contribution is 7.23. The quantitative estimate of drug-likeness (QED) is 0.573. The number of ether oxygens (including phenoxy) is 2. The predicted octanol–water partition coefficient (Wildman–Crippen LogP) is 4.19. The lowest BCUT2D eigenvalue weighted by Gasteiger charge is -2.34.